The van der Waals surface area contributed by atoms with Crippen LogP contribution in [0.4, 0.5) is 11.5 Å². The van der Waals surface area contributed by atoms with Crippen LogP contribution in [0.5, 0.6) is 0 Å². The van der Waals surface area contributed by atoms with Crippen molar-refractivity contribution in [3.05, 3.63) is 65.0 Å². The molecule has 1 amide bonds. The van der Waals surface area contributed by atoms with Gasteiger partial charge in [0.15, 0.2) is 5.65 Å². The maximum absolute atomic E-state index is 12.5. The van der Waals surface area contributed by atoms with Gasteiger partial charge in [0.25, 0.3) is 5.56 Å². The summed E-state index contributed by atoms with van der Waals surface area (Å²) in [5.74, 6) is 0.215. The van der Waals surface area contributed by atoms with Crippen molar-refractivity contribution in [2.45, 2.75) is 13.1 Å². The standard InChI is InChI=1S/C20H22N8O2/c1-25(2)15-6-4-14(5-7-15)11-28-17(8-9-22-28)24-18(29)12-27-13-21-19-16(20(27)30)10-23-26(19)3/h4-10,13H,11-12H2,1-3H3,(H,24,29). The molecule has 4 aromatic rings. The van der Waals surface area contributed by atoms with E-state index in [0.29, 0.717) is 23.4 Å². The van der Waals surface area contributed by atoms with Gasteiger partial charge in [0.05, 0.1) is 18.9 Å². The fourth-order valence-corrected chi connectivity index (χ4v) is 3.15. The van der Waals surface area contributed by atoms with E-state index in [1.807, 2.05) is 43.3 Å². The van der Waals surface area contributed by atoms with Gasteiger partial charge in [0.1, 0.15) is 24.1 Å². The molecule has 30 heavy (non-hydrogen) atoms. The van der Waals surface area contributed by atoms with Gasteiger partial charge in [-0.25, -0.2) is 9.67 Å². The number of fused-ring (bicyclic) bond motifs is 1. The van der Waals surface area contributed by atoms with Crippen LogP contribution in [0.25, 0.3) is 11.0 Å². The zero-order chi connectivity index (χ0) is 21.3. The van der Waals surface area contributed by atoms with Crippen molar-refractivity contribution in [2.75, 3.05) is 24.3 Å². The van der Waals surface area contributed by atoms with Crippen molar-refractivity contribution in [3.8, 4) is 0 Å². The SMILES string of the molecule is CN(C)c1ccc(Cn2nccc2NC(=O)Cn2cnc3c(cnn3C)c2=O)cc1. The van der Waals surface area contributed by atoms with E-state index < -0.39 is 0 Å². The van der Waals surface area contributed by atoms with Gasteiger partial charge in [-0.2, -0.15) is 10.2 Å². The van der Waals surface area contributed by atoms with Crippen LogP contribution in [-0.4, -0.2) is 49.1 Å². The Kier molecular flexibility index (Phi) is 5.05. The van der Waals surface area contributed by atoms with Crippen LogP contribution in [0.1, 0.15) is 5.56 Å². The van der Waals surface area contributed by atoms with Crippen LogP contribution in [0.3, 0.4) is 0 Å². The molecule has 0 radical (unpaired) electrons. The number of hydrogen-bond donors (Lipinski definition) is 1. The maximum Gasteiger partial charge on any atom is 0.264 e. The summed E-state index contributed by atoms with van der Waals surface area (Å²) in [6.45, 7) is 0.360. The third-order valence-corrected chi connectivity index (χ3v) is 4.80. The maximum atomic E-state index is 12.5. The van der Waals surface area contributed by atoms with Gasteiger partial charge < -0.3 is 10.2 Å². The zero-order valence-corrected chi connectivity index (χ0v) is 17.0. The number of aryl methyl sites for hydroxylation is 1. The molecule has 1 N–H and O–H groups in total. The van der Waals surface area contributed by atoms with E-state index in [1.165, 1.54) is 21.8 Å². The molecule has 0 aliphatic rings. The Balaban J connectivity index is 1.46. The lowest BCUT2D eigenvalue weighted by Crippen LogP contribution is -2.28. The molecule has 4 rings (SSSR count). The predicted octanol–water partition coefficient (Wildman–Crippen LogP) is 1.08. The first-order valence-corrected chi connectivity index (χ1v) is 9.37. The molecule has 0 spiro atoms. The summed E-state index contributed by atoms with van der Waals surface area (Å²) >= 11 is 0. The molecule has 1 aromatic carbocycles. The summed E-state index contributed by atoms with van der Waals surface area (Å²) in [4.78, 5) is 31.3. The summed E-state index contributed by atoms with van der Waals surface area (Å²) in [6, 6.07) is 9.83. The molecule has 154 valence electrons. The number of nitrogens with one attached hydrogen (secondary N) is 1. The monoisotopic (exact) mass is 406 g/mol. The van der Waals surface area contributed by atoms with Gasteiger partial charge in [-0.05, 0) is 17.7 Å². The van der Waals surface area contributed by atoms with E-state index >= 15 is 0 Å². The lowest BCUT2D eigenvalue weighted by molar-refractivity contribution is -0.116. The van der Waals surface area contributed by atoms with E-state index in [2.05, 4.69) is 20.5 Å². The summed E-state index contributed by atoms with van der Waals surface area (Å²) in [7, 11) is 5.69. The quantitative estimate of drug-likeness (QED) is 0.514. The summed E-state index contributed by atoms with van der Waals surface area (Å²) in [5, 5.41) is 11.5. The number of nitrogens with zero attached hydrogens (tertiary/aromatic N) is 7. The first kappa shape index (κ1) is 19.4. The molecule has 0 saturated carbocycles. The van der Waals surface area contributed by atoms with Gasteiger partial charge in [0.2, 0.25) is 5.91 Å². The fourth-order valence-electron chi connectivity index (χ4n) is 3.15. The molecule has 3 heterocycles. The second-order valence-electron chi connectivity index (χ2n) is 7.17. The third-order valence-electron chi connectivity index (χ3n) is 4.80. The predicted molar refractivity (Wildman–Crippen MR) is 113 cm³/mol. The molecular formula is C20H22N8O2. The minimum absolute atomic E-state index is 0.153. The average Bonchev–Trinajstić information content (AvgIpc) is 3.31. The Labute approximate surface area is 172 Å². The number of benzene rings is 1. The fraction of sp³-hybridized carbons (Fsp3) is 0.250. The first-order chi connectivity index (χ1) is 14.4. The Bertz CT molecular complexity index is 1250. The number of rotatable bonds is 6. The number of hydrogen-bond acceptors (Lipinski definition) is 6. The lowest BCUT2D eigenvalue weighted by atomic mass is 10.2. The average molecular weight is 406 g/mol. The largest absolute Gasteiger partial charge is 0.378 e. The molecule has 0 aliphatic heterocycles. The minimum atomic E-state index is -0.341. The summed E-state index contributed by atoms with van der Waals surface area (Å²) in [5.41, 5.74) is 2.34. The molecule has 0 unspecified atom stereocenters. The molecule has 0 atom stereocenters. The summed E-state index contributed by atoms with van der Waals surface area (Å²) in [6.07, 6.45) is 4.43. The van der Waals surface area contributed by atoms with Crippen molar-refractivity contribution in [3.63, 3.8) is 0 Å². The van der Waals surface area contributed by atoms with E-state index in [9.17, 15) is 9.59 Å². The second-order valence-corrected chi connectivity index (χ2v) is 7.17. The second kappa shape index (κ2) is 7.82. The number of anilines is 2. The van der Waals surface area contributed by atoms with E-state index in [1.54, 1.807) is 24.0 Å². The van der Waals surface area contributed by atoms with E-state index in [-0.39, 0.29) is 18.0 Å². The molecule has 0 aliphatic carbocycles. The van der Waals surface area contributed by atoms with E-state index in [0.717, 1.165) is 11.3 Å². The van der Waals surface area contributed by atoms with Crippen LogP contribution in [-0.2, 0) is 24.9 Å². The highest BCUT2D eigenvalue weighted by molar-refractivity contribution is 5.89. The number of carbonyl (C=O) groups is 1. The van der Waals surface area contributed by atoms with Crippen molar-refractivity contribution in [2.24, 2.45) is 7.05 Å². The Morgan fingerprint density at radius 2 is 1.90 bits per heavy atom. The smallest absolute Gasteiger partial charge is 0.264 e. The Hall–Kier alpha value is -3.95. The zero-order valence-electron chi connectivity index (χ0n) is 17.0. The van der Waals surface area contributed by atoms with Crippen molar-refractivity contribution < 1.29 is 4.79 Å². The Morgan fingerprint density at radius 1 is 1.13 bits per heavy atom. The van der Waals surface area contributed by atoms with Crippen LogP contribution < -0.4 is 15.8 Å². The molecule has 0 saturated heterocycles. The lowest BCUT2D eigenvalue weighted by Gasteiger charge is -2.13. The van der Waals surface area contributed by atoms with Gasteiger partial charge in [-0.3, -0.25) is 18.8 Å². The van der Waals surface area contributed by atoms with Gasteiger partial charge in [-0.15, -0.1) is 0 Å². The van der Waals surface area contributed by atoms with Crippen LogP contribution >= 0.6 is 0 Å². The normalized spacial score (nSPS) is 11.0. The van der Waals surface area contributed by atoms with E-state index in [4.69, 9.17) is 0 Å². The van der Waals surface area contributed by atoms with Crippen LogP contribution in [0.2, 0.25) is 0 Å². The molecule has 0 fully saturated rings. The topological polar surface area (TPSA) is 103 Å². The first-order valence-electron chi connectivity index (χ1n) is 9.37. The van der Waals surface area contributed by atoms with Crippen molar-refractivity contribution in [1.29, 1.82) is 0 Å². The minimum Gasteiger partial charge on any atom is -0.378 e. The van der Waals surface area contributed by atoms with Gasteiger partial charge >= 0.3 is 0 Å². The highest BCUT2D eigenvalue weighted by Gasteiger charge is 2.13. The molecule has 3 aromatic heterocycles. The van der Waals surface area contributed by atoms with Crippen LogP contribution in [0.15, 0.2) is 53.8 Å². The number of amides is 1. The van der Waals surface area contributed by atoms with Gasteiger partial charge in [-0.1, -0.05) is 12.1 Å². The van der Waals surface area contributed by atoms with Gasteiger partial charge in [0, 0.05) is 32.9 Å². The van der Waals surface area contributed by atoms with Crippen molar-refractivity contribution in [1.82, 2.24) is 29.1 Å². The Morgan fingerprint density at radius 3 is 2.63 bits per heavy atom. The third kappa shape index (κ3) is 3.79. The molecule has 0 bridgehead atoms. The molecule has 10 nitrogen and oxygen atoms in total. The summed E-state index contributed by atoms with van der Waals surface area (Å²) < 4.78 is 4.48. The molecular weight excluding hydrogens is 384 g/mol. The number of carbonyl (C=O) groups excluding carboxylic acids is 1. The van der Waals surface area contributed by atoms with Crippen LogP contribution in [0, 0.1) is 0 Å². The highest BCUT2D eigenvalue weighted by atomic mass is 16.2. The van der Waals surface area contributed by atoms with Crippen molar-refractivity contribution >= 4 is 28.4 Å². The number of aromatic nitrogens is 6. The highest BCUT2D eigenvalue weighted by Crippen LogP contribution is 2.15. The molecule has 10 heteroatoms.